The summed E-state index contributed by atoms with van der Waals surface area (Å²) in [5, 5.41) is 0. The molecule has 0 aliphatic carbocycles. The van der Waals surface area contributed by atoms with Crippen LogP contribution in [0.25, 0.3) is 0 Å². The van der Waals surface area contributed by atoms with Crippen LogP contribution in [0, 0.1) is 6.92 Å². The van der Waals surface area contributed by atoms with Gasteiger partial charge in [-0.05, 0) is 50.6 Å². The third-order valence-corrected chi connectivity index (χ3v) is 3.39. The molecular weight excluding hydrogens is 290 g/mol. The number of amides is 1. The highest BCUT2D eigenvalue weighted by Gasteiger charge is 2.24. The molecule has 0 aliphatic rings. The Morgan fingerprint density at radius 1 is 1.04 bits per heavy atom. The van der Waals surface area contributed by atoms with Gasteiger partial charge in [0.05, 0.1) is 5.56 Å². The minimum Gasteiger partial charge on any atom is -0.426 e. The summed E-state index contributed by atoms with van der Waals surface area (Å²) in [5.74, 6) is -0.341. The van der Waals surface area contributed by atoms with Gasteiger partial charge in [0.15, 0.2) is 0 Å². The van der Waals surface area contributed by atoms with Crippen LogP contribution in [-0.4, -0.2) is 17.9 Å². The summed E-state index contributed by atoms with van der Waals surface area (Å²) in [6.07, 6.45) is 0. The van der Waals surface area contributed by atoms with E-state index in [4.69, 9.17) is 4.74 Å². The Morgan fingerprint density at radius 3 is 2.26 bits per heavy atom. The number of aryl methyl sites for hydroxylation is 1. The maximum atomic E-state index is 13.0. The van der Waals surface area contributed by atoms with E-state index in [0.717, 1.165) is 11.3 Å². The van der Waals surface area contributed by atoms with E-state index in [1.165, 1.54) is 6.92 Å². The minimum absolute atomic E-state index is 0.0311. The molecule has 0 aliphatic heterocycles. The molecule has 0 atom stereocenters. The summed E-state index contributed by atoms with van der Waals surface area (Å²) in [6, 6.07) is 14.7. The van der Waals surface area contributed by atoms with Crippen LogP contribution in [0.3, 0.4) is 0 Å². The van der Waals surface area contributed by atoms with Crippen molar-refractivity contribution in [2.24, 2.45) is 0 Å². The van der Waals surface area contributed by atoms with Crippen molar-refractivity contribution in [3.8, 4) is 5.75 Å². The van der Waals surface area contributed by atoms with Crippen LogP contribution in [0.1, 0.15) is 36.7 Å². The van der Waals surface area contributed by atoms with Crippen LogP contribution in [0.2, 0.25) is 0 Å². The number of hydrogen-bond acceptors (Lipinski definition) is 3. The fourth-order valence-corrected chi connectivity index (χ4v) is 2.41. The predicted octanol–water partition coefficient (Wildman–Crippen LogP) is 3.98. The average Bonchev–Trinajstić information content (AvgIpc) is 2.47. The van der Waals surface area contributed by atoms with Crippen LogP contribution in [-0.2, 0) is 4.79 Å². The largest absolute Gasteiger partial charge is 0.426 e. The monoisotopic (exact) mass is 311 g/mol. The smallest absolute Gasteiger partial charge is 0.308 e. The first-order chi connectivity index (χ1) is 10.9. The first-order valence-electron chi connectivity index (χ1n) is 7.58. The van der Waals surface area contributed by atoms with Crippen molar-refractivity contribution in [1.29, 1.82) is 0 Å². The van der Waals surface area contributed by atoms with Gasteiger partial charge in [0.25, 0.3) is 5.91 Å². The summed E-state index contributed by atoms with van der Waals surface area (Å²) in [6.45, 7) is 7.11. The van der Waals surface area contributed by atoms with Crippen LogP contribution < -0.4 is 9.64 Å². The second kappa shape index (κ2) is 7.09. The zero-order chi connectivity index (χ0) is 17.0. The lowest BCUT2D eigenvalue weighted by molar-refractivity contribution is -0.131. The zero-order valence-electron chi connectivity index (χ0n) is 13.9. The maximum absolute atomic E-state index is 13.0. The molecule has 0 bridgehead atoms. The molecule has 0 heterocycles. The van der Waals surface area contributed by atoms with Crippen molar-refractivity contribution in [3.63, 3.8) is 0 Å². The molecule has 0 unspecified atom stereocenters. The Balaban J connectivity index is 2.47. The summed E-state index contributed by atoms with van der Waals surface area (Å²) in [4.78, 5) is 26.1. The first-order valence-corrected chi connectivity index (χ1v) is 7.58. The topological polar surface area (TPSA) is 46.6 Å². The van der Waals surface area contributed by atoms with Crippen molar-refractivity contribution in [1.82, 2.24) is 0 Å². The van der Waals surface area contributed by atoms with Crippen molar-refractivity contribution >= 4 is 17.6 Å². The second-order valence-electron chi connectivity index (χ2n) is 5.70. The van der Waals surface area contributed by atoms with Crippen LogP contribution >= 0.6 is 0 Å². The highest BCUT2D eigenvalue weighted by Crippen LogP contribution is 2.26. The molecule has 0 radical (unpaired) electrons. The molecule has 0 fully saturated rings. The molecule has 4 nitrogen and oxygen atoms in total. The van der Waals surface area contributed by atoms with E-state index >= 15 is 0 Å². The van der Waals surface area contributed by atoms with E-state index in [1.807, 2.05) is 57.2 Å². The number of esters is 1. The third-order valence-electron chi connectivity index (χ3n) is 3.39. The van der Waals surface area contributed by atoms with E-state index in [0.29, 0.717) is 11.3 Å². The molecule has 0 saturated carbocycles. The van der Waals surface area contributed by atoms with Crippen molar-refractivity contribution < 1.29 is 14.3 Å². The lowest BCUT2D eigenvalue weighted by Gasteiger charge is -2.27. The van der Waals surface area contributed by atoms with Gasteiger partial charge in [0.2, 0.25) is 0 Å². The Morgan fingerprint density at radius 2 is 1.70 bits per heavy atom. The van der Waals surface area contributed by atoms with E-state index in [1.54, 1.807) is 17.0 Å². The third kappa shape index (κ3) is 3.97. The van der Waals surface area contributed by atoms with Crippen LogP contribution in [0.15, 0.2) is 48.5 Å². The molecule has 0 spiro atoms. The van der Waals surface area contributed by atoms with E-state index in [-0.39, 0.29) is 11.9 Å². The molecule has 0 saturated heterocycles. The fraction of sp³-hybridized carbons (Fsp3) is 0.263. The zero-order valence-corrected chi connectivity index (χ0v) is 13.9. The van der Waals surface area contributed by atoms with Crippen molar-refractivity contribution in [3.05, 3.63) is 59.7 Å². The van der Waals surface area contributed by atoms with E-state index in [2.05, 4.69) is 0 Å². The van der Waals surface area contributed by atoms with Gasteiger partial charge in [-0.3, -0.25) is 9.59 Å². The molecule has 2 aromatic carbocycles. The SMILES string of the molecule is CC(=O)Oc1cc(C)ccc1C(=O)N(c1ccccc1)C(C)C. The summed E-state index contributed by atoms with van der Waals surface area (Å²) in [5.41, 5.74) is 2.11. The Bertz CT molecular complexity index is 708. The molecular formula is C19H21NO3. The van der Waals surface area contributed by atoms with Gasteiger partial charge in [0, 0.05) is 18.7 Å². The molecule has 0 aromatic heterocycles. The van der Waals surface area contributed by atoms with Gasteiger partial charge in [0.1, 0.15) is 5.75 Å². The molecule has 4 heteroatoms. The van der Waals surface area contributed by atoms with Gasteiger partial charge < -0.3 is 9.64 Å². The lowest BCUT2D eigenvalue weighted by atomic mass is 10.1. The fourth-order valence-electron chi connectivity index (χ4n) is 2.41. The first kappa shape index (κ1) is 16.7. The summed E-state index contributed by atoms with van der Waals surface area (Å²) in [7, 11) is 0. The van der Waals surface area contributed by atoms with Crippen LogP contribution in [0.4, 0.5) is 5.69 Å². The molecule has 23 heavy (non-hydrogen) atoms. The number of carbonyl (C=O) groups excluding carboxylic acids is 2. The van der Waals surface area contributed by atoms with Gasteiger partial charge in [-0.25, -0.2) is 0 Å². The van der Waals surface area contributed by atoms with Gasteiger partial charge in [-0.2, -0.15) is 0 Å². The summed E-state index contributed by atoms with van der Waals surface area (Å²) < 4.78 is 5.23. The van der Waals surface area contributed by atoms with Crippen molar-refractivity contribution in [2.45, 2.75) is 33.7 Å². The number of benzene rings is 2. The average molecular weight is 311 g/mol. The Kier molecular flexibility index (Phi) is 5.16. The quantitative estimate of drug-likeness (QED) is 0.634. The number of anilines is 1. The normalized spacial score (nSPS) is 10.5. The molecule has 2 aromatic rings. The molecule has 2 rings (SSSR count). The number of carbonyl (C=O) groups is 2. The molecule has 1 amide bonds. The standard InChI is InChI=1S/C19H21NO3/c1-13(2)20(16-8-6-5-7-9-16)19(22)17-11-10-14(3)12-18(17)23-15(4)21/h5-13H,1-4H3. The number of hydrogen-bond donors (Lipinski definition) is 0. The van der Waals surface area contributed by atoms with Crippen LogP contribution in [0.5, 0.6) is 5.75 Å². The summed E-state index contributed by atoms with van der Waals surface area (Å²) >= 11 is 0. The molecule has 0 N–H and O–H groups in total. The van der Waals surface area contributed by atoms with E-state index in [9.17, 15) is 9.59 Å². The van der Waals surface area contributed by atoms with E-state index < -0.39 is 5.97 Å². The Labute approximate surface area is 136 Å². The minimum atomic E-state index is -0.444. The predicted molar refractivity (Wildman–Crippen MR) is 90.9 cm³/mol. The Hall–Kier alpha value is -2.62. The lowest BCUT2D eigenvalue weighted by Crippen LogP contribution is -2.37. The van der Waals surface area contributed by atoms with Crippen molar-refractivity contribution in [2.75, 3.05) is 4.90 Å². The van der Waals surface area contributed by atoms with Gasteiger partial charge >= 0.3 is 5.97 Å². The number of ether oxygens (including phenoxy) is 1. The van der Waals surface area contributed by atoms with Gasteiger partial charge in [-0.15, -0.1) is 0 Å². The number of para-hydroxylation sites is 1. The molecule has 120 valence electrons. The number of nitrogens with zero attached hydrogens (tertiary/aromatic N) is 1. The highest BCUT2D eigenvalue weighted by molar-refractivity contribution is 6.08. The maximum Gasteiger partial charge on any atom is 0.308 e. The number of rotatable bonds is 4. The second-order valence-corrected chi connectivity index (χ2v) is 5.70. The van der Waals surface area contributed by atoms with Gasteiger partial charge in [-0.1, -0.05) is 24.3 Å². The highest BCUT2D eigenvalue weighted by atomic mass is 16.5.